The van der Waals surface area contributed by atoms with E-state index in [1.807, 2.05) is 48.5 Å². The molecule has 2 N–H and O–H groups in total. The van der Waals surface area contributed by atoms with Crippen molar-refractivity contribution in [2.24, 2.45) is 0 Å². The molecule has 0 saturated heterocycles. The second-order valence-electron chi connectivity index (χ2n) is 8.33. The molecule has 5 rings (SSSR count). The zero-order valence-corrected chi connectivity index (χ0v) is 19.9. The smallest absolute Gasteiger partial charge is 0.342 e. The highest BCUT2D eigenvalue weighted by atomic mass is 16.7. The third-order valence-electron chi connectivity index (χ3n) is 5.76. The van der Waals surface area contributed by atoms with Gasteiger partial charge in [0, 0.05) is 24.0 Å². The van der Waals surface area contributed by atoms with Crippen LogP contribution in [0.2, 0.25) is 0 Å². The number of nitrogens with one attached hydrogen (secondary N) is 1. The van der Waals surface area contributed by atoms with Gasteiger partial charge in [-0.15, -0.1) is 0 Å². The van der Waals surface area contributed by atoms with Gasteiger partial charge in [-0.2, -0.15) is 0 Å². The Hall–Kier alpha value is -4.01. The fraction of sp³-hybridized carbons (Fsp3) is 0.250. The first-order valence-electron chi connectivity index (χ1n) is 11.8. The first-order chi connectivity index (χ1) is 17.6. The molecule has 3 aromatic carbocycles. The molecule has 0 fully saturated rings. The van der Waals surface area contributed by atoms with Crippen LogP contribution in [0.25, 0.3) is 22.3 Å². The number of hydrogen-bond donors (Lipinski definition) is 2. The molecule has 2 heterocycles. The van der Waals surface area contributed by atoms with Gasteiger partial charge in [0.1, 0.15) is 35.4 Å². The van der Waals surface area contributed by atoms with Crippen molar-refractivity contribution >= 4 is 16.9 Å². The summed E-state index contributed by atoms with van der Waals surface area (Å²) < 4.78 is 27.9. The summed E-state index contributed by atoms with van der Waals surface area (Å²) in [6.07, 6.45) is -0.733. The lowest BCUT2D eigenvalue weighted by Gasteiger charge is -2.13. The van der Waals surface area contributed by atoms with E-state index in [9.17, 15) is 9.90 Å². The van der Waals surface area contributed by atoms with E-state index in [-0.39, 0.29) is 20.0 Å². The fourth-order valence-corrected chi connectivity index (χ4v) is 4.05. The number of hydrogen-bond acceptors (Lipinski definition) is 8. The Morgan fingerprint density at radius 2 is 1.89 bits per heavy atom. The molecule has 0 spiro atoms. The van der Waals surface area contributed by atoms with Crippen LogP contribution in [-0.4, -0.2) is 43.7 Å². The minimum atomic E-state index is -0.733. The molecule has 0 bridgehead atoms. The van der Waals surface area contributed by atoms with Gasteiger partial charge in [-0.1, -0.05) is 36.4 Å². The molecule has 8 heteroatoms. The van der Waals surface area contributed by atoms with E-state index < -0.39 is 12.1 Å². The molecule has 1 aromatic heterocycles. The topological polar surface area (TPSA) is 99.4 Å². The Balaban J connectivity index is 1.24. The second kappa shape index (κ2) is 10.7. The number of aliphatic hydroxyl groups excluding tert-OH is 1. The van der Waals surface area contributed by atoms with Gasteiger partial charge in [-0.25, -0.2) is 4.79 Å². The highest BCUT2D eigenvalue weighted by Gasteiger charge is 2.24. The van der Waals surface area contributed by atoms with Crippen LogP contribution in [0.3, 0.4) is 0 Å². The van der Waals surface area contributed by atoms with E-state index in [4.69, 9.17) is 23.4 Å². The molecular weight excluding hydrogens is 462 g/mol. The lowest BCUT2D eigenvalue weighted by molar-refractivity contribution is 0.0528. The summed E-state index contributed by atoms with van der Waals surface area (Å²) in [6, 6.07) is 20.4. The summed E-state index contributed by atoms with van der Waals surface area (Å²) >= 11 is 0. The van der Waals surface area contributed by atoms with Gasteiger partial charge < -0.3 is 33.8 Å². The number of fused-ring (bicyclic) bond motifs is 2. The van der Waals surface area contributed by atoms with Gasteiger partial charge in [0.2, 0.25) is 6.79 Å². The van der Waals surface area contributed by atoms with Gasteiger partial charge in [-0.3, -0.25) is 0 Å². The van der Waals surface area contributed by atoms with Crippen LogP contribution in [0.15, 0.2) is 71.1 Å². The van der Waals surface area contributed by atoms with Crippen LogP contribution in [0.4, 0.5) is 0 Å². The number of esters is 1. The number of carbonyl (C=O) groups excluding carboxylic acids is 1. The van der Waals surface area contributed by atoms with Crippen molar-refractivity contribution in [3.05, 3.63) is 77.9 Å². The van der Waals surface area contributed by atoms with Crippen molar-refractivity contribution in [2.75, 3.05) is 26.6 Å². The third-order valence-corrected chi connectivity index (χ3v) is 5.76. The van der Waals surface area contributed by atoms with Gasteiger partial charge >= 0.3 is 5.97 Å². The molecule has 8 nitrogen and oxygen atoms in total. The third kappa shape index (κ3) is 5.15. The summed E-state index contributed by atoms with van der Waals surface area (Å²) in [5.41, 5.74) is 2.71. The van der Waals surface area contributed by atoms with Crippen molar-refractivity contribution in [2.45, 2.75) is 19.6 Å². The van der Waals surface area contributed by atoms with Gasteiger partial charge in [0.25, 0.3) is 0 Å². The van der Waals surface area contributed by atoms with Crippen molar-refractivity contribution in [1.82, 2.24) is 5.32 Å². The maximum Gasteiger partial charge on any atom is 0.342 e. The summed E-state index contributed by atoms with van der Waals surface area (Å²) in [5, 5.41) is 14.2. The Kier molecular flexibility index (Phi) is 7.06. The SMILES string of the molecule is CCOC(=O)c1c(-c2ccccc2)oc2ccc(OC[C@@H](O)CNCc3ccc4c(c3)OCO4)cc12. The first kappa shape index (κ1) is 23.7. The van der Waals surface area contributed by atoms with Gasteiger partial charge in [0.05, 0.1) is 6.61 Å². The van der Waals surface area contributed by atoms with Crippen molar-refractivity contribution in [3.63, 3.8) is 0 Å². The minimum Gasteiger partial charge on any atom is -0.491 e. The number of furan rings is 1. The summed E-state index contributed by atoms with van der Waals surface area (Å²) in [7, 11) is 0. The van der Waals surface area contributed by atoms with E-state index in [0.717, 1.165) is 22.6 Å². The number of rotatable bonds is 10. The maximum absolute atomic E-state index is 12.8. The number of ether oxygens (including phenoxy) is 4. The van der Waals surface area contributed by atoms with Crippen LogP contribution in [0, 0.1) is 0 Å². The van der Waals surface area contributed by atoms with E-state index >= 15 is 0 Å². The van der Waals surface area contributed by atoms with E-state index in [2.05, 4.69) is 5.32 Å². The predicted molar refractivity (Wildman–Crippen MR) is 133 cm³/mol. The number of carbonyl (C=O) groups is 1. The van der Waals surface area contributed by atoms with Crippen LogP contribution < -0.4 is 19.5 Å². The lowest BCUT2D eigenvalue weighted by atomic mass is 10.1. The summed E-state index contributed by atoms with van der Waals surface area (Å²) in [4.78, 5) is 12.8. The highest BCUT2D eigenvalue weighted by Crippen LogP contribution is 2.36. The molecule has 36 heavy (non-hydrogen) atoms. The van der Waals surface area contributed by atoms with E-state index in [1.165, 1.54) is 0 Å². The largest absolute Gasteiger partial charge is 0.491 e. The molecule has 0 radical (unpaired) electrons. The van der Waals surface area contributed by atoms with Gasteiger partial charge in [-0.05, 0) is 42.8 Å². The average molecular weight is 490 g/mol. The van der Waals surface area contributed by atoms with Crippen LogP contribution in [0.1, 0.15) is 22.8 Å². The molecule has 1 aliphatic heterocycles. The fourth-order valence-electron chi connectivity index (χ4n) is 4.05. The Morgan fingerprint density at radius 1 is 1.06 bits per heavy atom. The van der Waals surface area contributed by atoms with Crippen molar-refractivity contribution in [1.29, 1.82) is 0 Å². The second-order valence-corrected chi connectivity index (χ2v) is 8.33. The Morgan fingerprint density at radius 3 is 2.72 bits per heavy atom. The van der Waals surface area contributed by atoms with Crippen LogP contribution in [0.5, 0.6) is 17.2 Å². The highest BCUT2D eigenvalue weighted by molar-refractivity contribution is 6.09. The zero-order chi connectivity index (χ0) is 24.9. The number of benzene rings is 3. The van der Waals surface area contributed by atoms with Gasteiger partial charge in [0.15, 0.2) is 11.5 Å². The van der Waals surface area contributed by atoms with E-state index in [1.54, 1.807) is 25.1 Å². The number of aliphatic hydroxyl groups is 1. The monoisotopic (exact) mass is 489 g/mol. The molecule has 0 saturated carbocycles. The minimum absolute atomic E-state index is 0.0811. The molecule has 4 aromatic rings. The maximum atomic E-state index is 12.8. The van der Waals surface area contributed by atoms with Crippen LogP contribution >= 0.6 is 0 Å². The molecule has 1 atom stereocenters. The summed E-state index contributed by atoms with van der Waals surface area (Å²) in [6.45, 7) is 3.24. The van der Waals surface area contributed by atoms with Crippen LogP contribution in [-0.2, 0) is 11.3 Å². The van der Waals surface area contributed by atoms with E-state index in [0.29, 0.717) is 41.1 Å². The Bertz CT molecular complexity index is 1350. The zero-order valence-electron chi connectivity index (χ0n) is 19.9. The quantitative estimate of drug-likeness (QED) is 0.314. The van der Waals surface area contributed by atoms with Crippen molar-refractivity contribution < 1.29 is 33.3 Å². The molecule has 1 aliphatic rings. The summed E-state index contributed by atoms with van der Waals surface area (Å²) in [5.74, 6) is 1.98. The standard InChI is InChI=1S/C28H27NO7/c1-2-32-28(31)26-22-13-21(9-11-23(22)36-27(26)19-6-4-3-5-7-19)33-16-20(30)15-29-14-18-8-10-24-25(12-18)35-17-34-24/h3-13,20,29-30H,2,14-17H2,1H3/t20-/m0/s1. The molecule has 0 amide bonds. The normalized spacial score (nSPS) is 13.1. The molecule has 0 aliphatic carbocycles. The first-order valence-corrected chi connectivity index (χ1v) is 11.8. The molecular formula is C28H27NO7. The predicted octanol–water partition coefficient (Wildman–Crippen LogP) is 4.53. The van der Waals surface area contributed by atoms with Crippen molar-refractivity contribution in [3.8, 4) is 28.6 Å². The molecule has 0 unspecified atom stereocenters. The average Bonchev–Trinajstić information content (AvgIpc) is 3.52. The Labute approximate surface area is 208 Å². The lowest BCUT2D eigenvalue weighted by Crippen LogP contribution is -2.31. The molecule has 186 valence electrons.